The summed E-state index contributed by atoms with van der Waals surface area (Å²) in [6.45, 7) is 12.1. The number of nitrogens with one attached hydrogen (secondary N) is 1. The van der Waals surface area contributed by atoms with E-state index in [1.54, 1.807) is 6.33 Å². The van der Waals surface area contributed by atoms with Crippen LogP contribution in [0.2, 0.25) is 0 Å². The number of aromatic nitrogens is 3. The van der Waals surface area contributed by atoms with E-state index in [0.717, 1.165) is 32.0 Å². The Morgan fingerprint density at radius 1 is 1.48 bits per heavy atom. The summed E-state index contributed by atoms with van der Waals surface area (Å²) >= 11 is 0. The van der Waals surface area contributed by atoms with Crippen molar-refractivity contribution in [3.63, 3.8) is 0 Å². The second-order valence-corrected chi connectivity index (χ2v) is 6.63. The van der Waals surface area contributed by atoms with E-state index in [2.05, 4.69) is 45.8 Å². The molecule has 0 radical (unpaired) electrons. The summed E-state index contributed by atoms with van der Waals surface area (Å²) in [7, 11) is 0. The van der Waals surface area contributed by atoms with Crippen molar-refractivity contribution in [1.82, 2.24) is 25.0 Å². The van der Waals surface area contributed by atoms with Gasteiger partial charge in [-0.3, -0.25) is 4.90 Å². The van der Waals surface area contributed by atoms with Crippen LogP contribution in [0.25, 0.3) is 0 Å². The molecule has 1 saturated heterocycles. The Kier molecular flexibility index (Phi) is 6.64. The molecule has 2 rings (SSSR count). The van der Waals surface area contributed by atoms with Gasteiger partial charge in [0.05, 0.1) is 6.54 Å². The Balaban J connectivity index is 1.94. The summed E-state index contributed by atoms with van der Waals surface area (Å²) < 4.78 is 2.08. The Morgan fingerprint density at radius 2 is 2.33 bits per heavy atom. The first-order valence-electron chi connectivity index (χ1n) is 8.51. The SMILES string of the molecule is CCCCN(Cc1ncnn1CC(C)C)CC1CCCN1. The lowest BCUT2D eigenvalue weighted by Crippen LogP contribution is -2.38. The lowest BCUT2D eigenvalue weighted by Gasteiger charge is -2.25. The molecule has 0 saturated carbocycles. The molecule has 1 aromatic rings. The summed E-state index contributed by atoms with van der Waals surface area (Å²) in [5.74, 6) is 1.71. The minimum absolute atomic E-state index is 0.603. The van der Waals surface area contributed by atoms with Gasteiger partial charge in [-0.1, -0.05) is 27.2 Å². The molecule has 2 heterocycles. The van der Waals surface area contributed by atoms with E-state index in [1.807, 2.05) is 0 Å². The van der Waals surface area contributed by atoms with E-state index in [1.165, 1.54) is 32.2 Å². The maximum atomic E-state index is 4.48. The normalized spacial score (nSPS) is 19.0. The second kappa shape index (κ2) is 8.49. The van der Waals surface area contributed by atoms with Crippen LogP contribution in [-0.2, 0) is 13.1 Å². The summed E-state index contributed by atoms with van der Waals surface area (Å²) in [5, 5.41) is 7.99. The first kappa shape index (κ1) is 16.4. The van der Waals surface area contributed by atoms with Gasteiger partial charge in [-0.2, -0.15) is 5.10 Å². The first-order valence-corrected chi connectivity index (χ1v) is 8.51. The van der Waals surface area contributed by atoms with Gasteiger partial charge in [0.25, 0.3) is 0 Å². The monoisotopic (exact) mass is 293 g/mol. The highest BCUT2D eigenvalue weighted by Gasteiger charge is 2.19. The molecule has 1 atom stereocenters. The molecule has 0 spiro atoms. The highest BCUT2D eigenvalue weighted by atomic mass is 15.3. The molecule has 120 valence electrons. The predicted octanol–water partition coefficient (Wildman–Crippen LogP) is 2.29. The second-order valence-electron chi connectivity index (χ2n) is 6.63. The minimum atomic E-state index is 0.603. The highest BCUT2D eigenvalue weighted by Crippen LogP contribution is 2.11. The molecule has 1 aliphatic rings. The number of hydrogen-bond donors (Lipinski definition) is 1. The van der Waals surface area contributed by atoms with Crippen LogP contribution >= 0.6 is 0 Å². The van der Waals surface area contributed by atoms with E-state index in [9.17, 15) is 0 Å². The van der Waals surface area contributed by atoms with Gasteiger partial charge in [0.1, 0.15) is 12.2 Å². The van der Waals surface area contributed by atoms with Crippen LogP contribution in [0.3, 0.4) is 0 Å². The standard InChI is InChI=1S/C16H31N5/c1-4-5-9-20(11-15-7-6-8-17-15)12-16-18-13-19-21(16)10-14(2)3/h13-15,17H,4-12H2,1-3H3. The zero-order valence-corrected chi connectivity index (χ0v) is 13.9. The van der Waals surface area contributed by atoms with Crippen molar-refractivity contribution in [3.05, 3.63) is 12.2 Å². The Morgan fingerprint density at radius 3 is 3.00 bits per heavy atom. The van der Waals surface area contributed by atoms with Crippen LogP contribution < -0.4 is 5.32 Å². The van der Waals surface area contributed by atoms with Crippen molar-refractivity contribution >= 4 is 0 Å². The lowest BCUT2D eigenvalue weighted by molar-refractivity contribution is 0.226. The van der Waals surface area contributed by atoms with E-state index < -0.39 is 0 Å². The molecular formula is C16H31N5. The van der Waals surface area contributed by atoms with Crippen LogP contribution in [-0.4, -0.2) is 45.3 Å². The fourth-order valence-electron chi connectivity index (χ4n) is 2.95. The Bertz CT molecular complexity index is 395. The third-order valence-corrected chi connectivity index (χ3v) is 4.07. The Labute approximate surface area is 129 Å². The lowest BCUT2D eigenvalue weighted by atomic mass is 10.2. The molecule has 0 bridgehead atoms. The maximum absolute atomic E-state index is 4.48. The van der Waals surface area contributed by atoms with Gasteiger partial charge in [0.2, 0.25) is 0 Å². The van der Waals surface area contributed by atoms with E-state index in [0.29, 0.717) is 12.0 Å². The Hall–Kier alpha value is -0.940. The van der Waals surface area contributed by atoms with Crippen molar-refractivity contribution in [3.8, 4) is 0 Å². The van der Waals surface area contributed by atoms with Crippen molar-refractivity contribution in [2.45, 2.75) is 65.6 Å². The van der Waals surface area contributed by atoms with Crippen LogP contribution in [0.5, 0.6) is 0 Å². The van der Waals surface area contributed by atoms with Gasteiger partial charge >= 0.3 is 0 Å². The average molecular weight is 293 g/mol. The van der Waals surface area contributed by atoms with Gasteiger partial charge in [-0.15, -0.1) is 0 Å². The fraction of sp³-hybridized carbons (Fsp3) is 0.875. The van der Waals surface area contributed by atoms with Crippen LogP contribution in [0.4, 0.5) is 0 Å². The third-order valence-electron chi connectivity index (χ3n) is 4.07. The van der Waals surface area contributed by atoms with E-state index >= 15 is 0 Å². The van der Waals surface area contributed by atoms with Crippen LogP contribution in [0.1, 0.15) is 52.3 Å². The maximum Gasteiger partial charge on any atom is 0.141 e. The topological polar surface area (TPSA) is 46.0 Å². The molecule has 0 aliphatic carbocycles. The molecule has 1 unspecified atom stereocenters. The highest BCUT2D eigenvalue weighted by molar-refractivity contribution is 4.87. The summed E-state index contributed by atoms with van der Waals surface area (Å²) in [4.78, 5) is 7.03. The molecule has 0 amide bonds. The smallest absolute Gasteiger partial charge is 0.141 e. The van der Waals surface area contributed by atoms with Crippen molar-refractivity contribution in [2.75, 3.05) is 19.6 Å². The van der Waals surface area contributed by atoms with Gasteiger partial charge in [0.15, 0.2) is 0 Å². The largest absolute Gasteiger partial charge is 0.313 e. The molecule has 1 N–H and O–H groups in total. The summed E-state index contributed by atoms with van der Waals surface area (Å²) in [6.07, 6.45) is 6.82. The molecule has 1 aromatic heterocycles. The van der Waals surface area contributed by atoms with Gasteiger partial charge in [-0.05, 0) is 38.3 Å². The first-order chi connectivity index (χ1) is 10.2. The number of nitrogens with zero attached hydrogens (tertiary/aromatic N) is 4. The molecule has 1 aliphatic heterocycles. The van der Waals surface area contributed by atoms with E-state index in [-0.39, 0.29) is 0 Å². The number of unbranched alkanes of at least 4 members (excludes halogenated alkanes) is 1. The molecule has 1 fully saturated rings. The quantitative estimate of drug-likeness (QED) is 0.759. The zero-order valence-electron chi connectivity index (χ0n) is 13.9. The fourth-order valence-corrected chi connectivity index (χ4v) is 2.95. The van der Waals surface area contributed by atoms with Crippen molar-refractivity contribution < 1.29 is 0 Å². The average Bonchev–Trinajstić information content (AvgIpc) is 3.08. The van der Waals surface area contributed by atoms with Crippen molar-refractivity contribution in [2.24, 2.45) is 5.92 Å². The summed E-state index contributed by atoms with van der Waals surface area (Å²) in [5.41, 5.74) is 0. The third kappa shape index (κ3) is 5.40. The minimum Gasteiger partial charge on any atom is -0.313 e. The van der Waals surface area contributed by atoms with E-state index in [4.69, 9.17) is 0 Å². The molecule has 5 nitrogen and oxygen atoms in total. The number of hydrogen-bond acceptors (Lipinski definition) is 4. The number of rotatable bonds is 9. The van der Waals surface area contributed by atoms with Gasteiger partial charge in [-0.25, -0.2) is 9.67 Å². The van der Waals surface area contributed by atoms with Gasteiger partial charge in [0, 0.05) is 19.1 Å². The zero-order chi connectivity index (χ0) is 15.1. The summed E-state index contributed by atoms with van der Waals surface area (Å²) in [6, 6.07) is 0.656. The predicted molar refractivity (Wildman–Crippen MR) is 86.1 cm³/mol. The van der Waals surface area contributed by atoms with Crippen LogP contribution in [0.15, 0.2) is 6.33 Å². The van der Waals surface area contributed by atoms with Crippen molar-refractivity contribution in [1.29, 1.82) is 0 Å². The molecule has 0 aromatic carbocycles. The molecule has 21 heavy (non-hydrogen) atoms. The van der Waals surface area contributed by atoms with Crippen LogP contribution in [0, 0.1) is 5.92 Å². The van der Waals surface area contributed by atoms with Gasteiger partial charge < -0.3 is 5.32 Å². The molecular weight excluding hydrogens is 262 g/mol. The molecule has 5 heteroatoms.